The summed E-state index contributed by atoms with van der Waals surface area (Å²) in [6.45, 7) is 2.42. The van der Waals surface area contributed by atoms with Gasteiger partial charge in [0.1, 0.15) is 19.0 Å². The highest BCUT2D eigenvalue weighted by atomic mass is 16.5. The average Bonchev–Trinajstić information content (AvgIpc) is 2.48. The summed E-state index contributed by atoms with van der Waals surface area (Å²) in [4.78, 5) is 15.0. The molecule has 0 unspecified atom stereocenters. The molecule has 0 fully saturated rings. The van der Waals surface area contributed by atoms with Crippen molar-refractivity contribution in [3.8, 4) is 17.0 Å². The van der Waals surface area contributed by atoms with E-state index in [1.54, 1.807) is 6.20 Å². The lowest BCUT2D eigenvalue weighted by atomic mass is 10.1. The van der Waals surface area contributed by atoms with Crippen molar-refractivity contribution in [1.82, 2.24) is 4.98 Å². The lowest BCUT2D eigenvalue weighted by molar-refractivity contribution is -0.121. The molecule has 1 aromatic heterocycles. The van der Waals surface area contributed by atoms with Crippen LogP contribution in [0.5, 0.6) is 5.75 Å². The number of Topliss-reactive ketones (excluding diaryl/α,β-unsaturated/α-hetero) is 1. The molecule has 2 aromatic rings. The van der Waals surface area contributed by atoms with Crippen LogP contribution in [0.4, 0.5) is 0 Å². The zero-order chi connectivity index (χ0) is 14.2. The van der Waals surface area contributed by atoms with E-state index in [9.17, 15) is 4.79 Å². The van der Waals surface area contributed by atoms with Crippen molar-refractivity contribution < 1.29 is 14.3 Å². The van der Waals surface area contributed by atoms with Crippen LogP contribution in [0.3, 0.4) is 0 Å². The molecule has 4 heteroatoms. The Bertz CT molecular complexity index is 537. The first kappa shape index (κ1) is 14.2. The summed E-state index contributed by atoms with van der Waals surface area (Å²) < 4.78 is 10.6. The molecule has 0 saturated carbocycles. The number of ketones is 1. The summed E-state index contributed by atoms with van der Waals surface area (Å²) in [5.41, 5.74) is 1.98. The number of nitrogens with zero attached hydrogens (tertiary/aromatic N) is 1. The maximum atomic E-state index is 10.7. The van der Waals surface area contributed by atoms with Gasteiger partial charge in [-0.1, -0.05) is 30.3 Å². The number of aromatic nitrogens is 1. The molecular weight excluding hydrogens is 254 g/mol. The van der Waals surface area contributed by atoms with Gasteiger partial charge in [0.15, 0.2) is 5.78 Å². The molecule has 0 amide bonds. The molecule has 20 heavy (non-hydrogen) atoms. The van der Waals surface area contributed by atoms with Crippen LogP contribution in [0, 0.1) is 0 Å². The van der Waals surface area contributed by atoms with E-state index in [4.69, 9.17) is 9.47 Å². The van der Waals surface area contributed by atoms with Crippen LogP contribution in [0.15, 0.2) is 48.7 Å². The fraction of sp³-hybridized carbons (Fsp3) is 0.250. The van der Waals surface area contributed by atoms with E-state index in [2.05, 4.69) is 4.98 Å². The fourth-order valence-electron chi connectivity index (χ4n) is 1.68. The zero-order valence-corrected chi connectivity index (χ0v) is 11.4. The molecule has 0 atom stereocenters. The minimum atomic E-state index is 0.0129. The highest BCUT2D eigenvalue weighted by molar-refractivity contribution is 5.76. The molecule has 0 aliphatic rings. The number of hydrogen-bond donors (Lipinski definition) is 0. The molecule has 0 aliphatic heterocycles. The molecule has 2 rings (SSSR count). The second kappa shape index (κ2) is 7.40. The van der Waals surface area contributed by atoms with Gasteiger partial charge in [0.05, 0.1) is 18.5 Å². The van der Waals surface area contributed by atoms with Crippen LogP contribution in [0.25, 0.3) is 11.3 Å². The minimum Gasteiger partial charge on any atom is -0.490 e. The van der Waals surface area contributed by atoms with Gasteiger partial charge in [-0.15, -0.1) is 0 Å². The maximum absolute atomic E-state index is 10.7. The average molecular weight is 271 g/mol. The van der Waals surface area contributed by atoms with Crippen LogP contribution in [0.2, 0.25) is 0 Å². The minimum absolute atomic E-state index is 0.0129. The molecule has 1 aromatic carbocycles. The Kier molecular flexibility index (Phi) is 5.26. The van der Waals surface area contributed by atoms with Gasteiger partial charge in [-0.05, 0) is 19.1 Å². The fourth-order valence-corrected chi connectivity index (χ4v) is 1.68. The first-order valence-electron chi connectivity index (χ1n) is 6.47. The van der Waals surface area contributed by atoms with Crippen molar-refractivity contribution in [3.05, 3.63) is 48.7 Å². The highest BCUT2D eigenvalue weighted by Crippen LogP contribution is 2.18. The van der Waals surface area contributed by atoms with Gasteiger partial charge in [0.2, 0.25) is 0 Å². The van der Waals surface area contributed by atoms with E-state index >= 15 is 0 Å². The zero-order valence-electron chi connectivity index (χ0n) is 11.4. The highest BCUT2D eigenvalue weighted by Gasteiger charge is 2.00. The van der Waals surface area contributed by atoms with Gasteiger partial charge < -0.3 is 9.47 Å². The maximum Gasteiger partial charge on any atom is 0.155 e. The third kappa shape index (κ3) is 4.48. The normalized spacial score (nSPS) is 10.2. The number of hydrogen-bond acceptors (Lipinski definition) is 4. The SMILES string of the molecule is CC(=O)COCCOc1ccc(-c2ccccc2)nc1. The van der Waals surface area contributed by atoms with Crippen LogP contribution in [-0.4, -0.2) is 30.6 Å². The largest absolute Gasteiger partial charge is 0.490 e. The van der Waals surface area contributed by atoms with E-state index in [-0.39, 0.29) is 12.4 Å². The lowest BCUT2D eigenvalue weighted by Crippen LogP contribution is -2.11. The molecule has 4 nitrogen and oxygen atoms in total. The van der Waals surface area contributed by atoms with Crippen molar-refractivity contribution in [2.24, 2.45) is 0 Å². The van der Waals surface area contributed by atoms with Gasteiger partial charge in [0, 0.05) is 5.56 Å². The van der Waals surface area contributed by atoms with Crippen molar-refractivity contribution in [2.45, 2.75) is 6.92 Å². The molecule has 0 bridgehead atoms. The Morgan fingerprint density at radius 3 is 2.55 bits per heavy atom. The van der Waals surface area contributed by atoms with Crippen molar-refractivity contribution in [2.75, 3.05) is 19.8 Å². The third-order valence-electron chi connectivity index (χ3n) is 2.61. The van der Waals surface area contributed by atoms with Crippen LogP contribution < -0.4 is 4.74 Å². The van der Waals surface area contributed by atoms with E-state index < -0.39 is 0 Å². The van der Waals surface area contributed by atoms with E-state index in [0.29, 0.717) is 19.0 Å². The Balaban J connectivity index is 1.82. The first-order valence-corrected chi connectivity index (χ1v) is 6.47. The summed E-state index contributed by atoms with van der Waals surface area (Å²) in [5.74, 6) is 0.704. The molecule has 0 saturated heterocycles. The Morgan fingerprint density at radius 2 is 1.90 bits per heavy atom. The van der Waals surface area contributed by atoms with Gasteiger partial charge in [-0.25, -0.2) is 0 Å². The molecule has 104 valence electrons. The van der Waals surface area contributed by atoms with E-state index in [1.807, 2.05) is 42.5 Å². The van der Waals surface area contributed by atoms with Crippen molar-refractivity contribution in [1.29, 1.82) is 0 Å². The summed E-state index contributed by atoms with van der Waals surface area (Å²) in [7, 11) is 0. The Hall–Kier alpha value is -2.20. The van der Waals surface area contributed by atoms with E-state index in [1.165, 1.54) is 6.92 Å². The van der Waals surface area contributed by atoms with Crippen molar-refractivity contribution >= 4 is 5.78 Å². The second-order valence-electron chi connectivity index (χ2n) is 4.35. The summed E-state index contributed by atoms with van der Waals surface area (Å²) in [6, 6.07) is 13.8. The number of pyridine rings is 1. The van der Waals surface area contributed by atoms with Gasteiger partial charge >= 0.3 is 0 Å². The van der Waals surface area contributed by atoms with Crippen molar-refractivity contribution in [3.63, 3.8) is 0 Å². The number of rotatable bonds is 7. The summed E-state index contributed by atoms with van der Waals surface area (Å²) >= 11 is 0. The smallest absolute Gasteiger partial charge is 0.155 e. The number of ether oxygens (including phenoxy) is 2. The second-order valence-corrected chi connectivity index (χ2v) is 4.35. The van der Waals surface area contributed by atoms with Crippen LogP contribution in [0.1, 0.15) is 6.92 Å². The Labute approximate surface area is 118 Å². The van der Waals surface area contributed by atoms with Crippen LogP contribution in [-0.2, 0) is 9.53 Å². The molecule has 0 spiro atoms. The van der Waals surface area contributed by atoms with Gasteiger partial charge in [-0.2, -0.15) is 0 Å². The Morgan fingerprint density at radius 1 is 1.10 bits per heavy atom. The number of benzene rings is 1. The number of carbonyl (C=O) groups is 1. The molecular formula is C16H17NO3. The van der Waals surface area contributed by atoms with Gasteiger partial charge in [0.25, 0.3) is 0 Å². The lowest BCUT2D eigenvalue weighted by Gasteiger charge is -2.07. The molecule has 0 radical (unpaired) electrons. The standard InChI is InChI=1S/C16H17NO3/c1-13(18)12-19-9-10-20-15-7-8-16(17-11-15)14-5-3-2-4-6-14/h2-8,11H,9-10,12H2,1H3. The summed E-state index contributed by atoms with van der Waals surface area (Å²) in [5, 5.41) is 0. The van der Waals surface area contributed by atoms with Gasteiger partial charge in [-0.3, -0.25) is 9.78 Å². The summed E-state index contributed by atoms with van der Waals surface area (Å²) in [6.07, 6.45) is 1.69. The molecule has 1 heterocycles. The molecule has 0 N–H and O–H groups in total. The topological polar surface area (TPSA) is 48.4 Å². The number of carbonyl (C=O) groups excluding carboxylic acids is 1. The quantitative estimate of drug-likeness (QED) is 0.726. The monoisotopic (exact) mass is 271 g/mol. The van der Waals surface area contributed by atoms with E-state index in [0.717, 1.165) is 11.3 Å². The van der Waals surface area contributed by atoms with Crippen LogP contribution >= 0.6 is 0 Å². The predicted molar refractivity (Wildman–Crippen MR) is 76.7 cm³/mol. The first-order chi connectivity index (χ1) is 9.75. The third-order valence-corrected chi connectivity index (χ3v) is 2.61. The molecule has 0 aliphatic carbocycles. The predicted octanol–water partition coefficient (Wildman–Crippen LogP) is 2.73.